The number of hydrogen-bond donors (Lipinski definition) is 1. The number of aromatic nitrogens is 2. The van der Waals surface area contributed by atoms with Crippen LogP contribution in [0.4, 0.5) is 5.69 Å². The Morgan fingerprint density at radius 1 is 1.25 bits per heavy atom. The highest BCUT2D eigenvalue weighted by Gasteiger charge is 2.08. The van der Waals surface area contributed by atoms with Gasteiger partial charge in [0.2, 0.25) is 11.3 Å². The van der Waals surface area contributed by atoms with Crippen LogP contribution in [0.25, 0.3) is 10.9 Å². The molecule has 0 radical (unpaired) electrons. The van der Waals surface area contributed by atoms with E-state index in [1.165, 1.54) is 6.20 Å². The van der Waals surface area contributed by atoms with Crippen molar-refractivity contribution >= 4 is 45.1 Å². The normalized spacial score (nSPS) is 10.8. The van der Waals surface area contributed by atoms with Crippen LogP contribution < -0.4 is 10.7 Å². The van der Waals surface area contributed by atoms with Crippen molar-refractivity contribution in [3.63, 3.8) is 0 Å². The summed E-state index contributed by atoms with van der Waals surface area (Å²) < 4.78 is 2.82. The zero-order valence-electron chi connectivity index (χ0n) is 13.1. The highest BCUT2D eigenvalue weighted by Crippen LogP contribution is 2.18. The number of hydrogen-bond acceptors (Lipinski definition) is 3. The fraction of sp³-hybridized carbons (Fsp3) is 0.167. The molecule has 3 aromatic rings. The zero-order chi connectivity index (χ0) is 17.1. The third kappa shape index (κ3) is 3.64. The molecule has 0 spiro atoms. The fourth-order valence-electron chi connectivity index (χ4n) is 2.53. The molecular formula is C18H16IN3O2. The fourth-order valence-corrected chi connectivity index (χ4v) is 3.17. The Bertz CT molecular complexity index is 966. The Morgan fingerprint density at radius 3 is 2.83 bits per heavy atom. The molecule has 0 aliphatic carbocycles. The number of halogens is 1. The summed E-state index contributed by atoms with van der Waals surface area (Å²) in [6.45, 7) is 2.38. The van der Waals surface area contributed by atoms with Gasteiger partial charge in [0.15, 0.2) is 0 Å². The number of carbonyl (C=O) groups is 1. The van der Waals surface area contributed by atoms with Crippen LogP contribution in [0.5, 0.6) is 0 Å². The Balaban J connectivity index is 1.73. The minimum Gasteiger partial charge on any atom is -0.326 e. The molecule has 1 N–H and O–H groups in total. The lowest BCUT2D eigenvalue weighted by atomic mass is 10.2. The lowest BCUT2D eigenvalue weighted by molar-refractivity contribution is -0.116. The molecule has 122 valence electrons. The monoisotopic (exact) mass is 433 g/mol. The predicted molar refractivity (Wildman–Crippen MR) is 103 cm³/mol. The lowest BCUT2D eigenvalue weighted by Crippen LogP contribution is -2.18. The van der Waals surface area contributed by atoms with Crippen LogP contribution in [0.1, 0.15) is 12.0 Å². The molecule has 0 aliphatic heterocycles. The average molecular weight is 433 g/mol. The van der Waals surface area contributed by atoms with Gasteiger partial charge >= 0.3 is 0 Å². The van der Waals surface area contributed by atoms with Crippen LogP contribution in [0.3, 0.4) is 0 Å². The summed E-state index contributed by atoms with van der Waals surface area (Å²) in [6, 6.07) is 13.2. The molecule has 5 nitrogen and oxygen atoms in total. The van der Waals surface area contributed by atoms with E-state index in [2.05, 4.69) is 33.0 Å². The molecule has 1 amide bonds. The summed E-state index contributed by atoms with van der Waals surface area (Å²) in [7, 11) is 0. The number of aryl methyl sites for hydroxylation is 2. The molecule has 24 heavy (non-hydrogen) atoms. The Hall–Kier alpha value is -2.22. The van der Waals surface area contributed by atoms with E-state index >= 15 is 0 Å². The number of rotatable bonds is 4. The molecule has 0 fully saturated rings. The van der Waals surface area contributed by atoms with Crippen LogP contribution in [-0.2, 0) is 11.3 Å². The minimum absolute atomic E-state index is 0.0797. The number of amides is 1. The Labute approximate surface area is 152 Å². The minimum atomic E-state index is -0.110. The Kier molecular flexibility index (Phi) is 4.94. The van der Waals surface area contributed by atoms with Gasteiger partial charge in [0.25, 0.3) is 0 Å². The third-order valence-corrected chi connectivity index (χ3v) is 4.45. The van der Waals surface area contributed by atoms with Gasteiger partial charge in [-0.1, -0.05) is 12.1 Å². The second kappa shape index (κ2) is 7.12. The van der Waals surface area contributed by atoms with Crippen LogP contribution in [0.2, 0.25) is 0 Å². The van der Waals surface area contributed by atoms with Crippen molar-refractivity contribution in [2.45, 2.75) is 19.9 Å². The van der Waals surface area contributed by atoms with E-state index < -0.39 is 0 Å². The number of benzene rings is 2. The van der Waals surface area contributed by atoms with E-state index in [1.54, 1.807) is 10.7 Å². The lowest BCUT2D eigenvalue weighted by Gasteiger charge is -2.11. The van der Waals surface area contributed by atoms with Gasteiger partial charge < -0.3 is 5.32 Å². The molecule has 2 aromatic carbocycles. The second-order valence-electron chi connectivity index (χ2n) is 5.51. The largest absolute Gasteiger partial charge is 0.326 e. The van der Waals surface area contributed by atoms with E-state index in [4.69, 9.17) is 0 Å². The average Bonchev–Trinajstić information content (AvgIpc) is 2.57. The predicted octanol–water partition coefficient (Wildman–Crippen LogP) is 3.34. The van der Waals surface area contributed by atoms with Crippen LogP contribution in [-0.4, -0.2) is 15.7 Å². The molecule has 1 heterocycles. The van der Waals surface area contributed by atoms with Gasteiger partial charge in [0.1, 0.15) is 0 Å². The molecule has 0 unspecified atom stereocenters. The number of para-hydroxylation sites is 1. The van der Waals surface area contributed by atoms with Crippen molar-refractivity contribution in [3.05, 3.63) is 68.0 Å². The van der Waals surface area contributed by atoms with Crippen molar-refractivity contribution in [1.29, 1.82) is 0 Å². The summed E-state index contributed by atoms with van der Waals surface area (Å²) in [5.74, 6) is -0.0797. The van der Waals surface area contributed by atoms with Gasteiger partial charge in [-0.25, -0.2) is 0 Å². The first-order valence-electron chi connectivity index (χ1n) is 7.55. The quantitative estimate of drug-likeness (QED) is 0.643. The maximum atomic E-state index is 12.2. The summed E-state index contributed by atoms with van der Waals surface area (Å²) in [5, 5.41) is 7.67. The number of nitrogens with one attached hydrogen (secondary N) is 1. The van der Waals surface area contributed by atoms with Gasteiger partial charge in [-0.2, -0.15) is 5.10 Å². The molecule has 0 atom stereocenters. The summed E-state index contributed by atoms with van der Waals surface area (Å²) in [5.41, 5.74) is 2.48. The van der Waals surface area contributed by atoms with Gasteiger partial charge in [-0.05, 0) is 65.4 Å². The van der Waals surface area contributed by atoms with Gasteiger partial charge in [-0.3, -0.25) is 14.3 Å². The molecule has 3 rings (SSSR count). The second-order valence-corrected chi connectivity index (χ2v) is 6.75. The highest BCUT2D eigenvalue weighted by atomic mass is 127. The van der Waals surface area contributed by atoms with Crippen molar-refractivity contribution in [2.75, 3.05) is 5.32 Å². The first-order chi connectivity index (χ1) is 11.5. The van der Waals surface area contributed by atoms with E-state index in [9.17, 15) is 9.59 Å². The van der Waals surface area contributed by atoms with E-state index in [0.717, 1.165) is 20.3 Å². The number of nitrogens with zero attached hydrogens (tertiary/aromatic N) is 2. The van der Waals surface area contributed by atoms with E-state index in [0.29, 0.717) is 11.9 Å². The van der Waals surface area contributed by atoms with Gasteiger partial charge in [0, 0.05) is 21.1 Å². The number of carbonyl (C=O) groups excluding carboxylic acids is 1. The first-order valence-corrected chi connectivity index (χ1v) is 8.63. The molecule has 0 aliphatic rings. The molecule has 1 aromatic heterocycles. The number of anilines is 1. The van der Waals surface area contributed by atoms with Crippen LogP contribution >= 0.6 is 22.6 Å². The third-order valence-electron chi connectivity index (χ3n) is 3.78. The Morgan fingerprint density at radius 2 is 2.04 bits per heavy atom. The van der Waals surface area contributed by atoms with E-state index in [-0.39, 0.29) is 17.8 Å². The first kappa shape index (κ1) is 16.6. The maximum Gasteiger partial charge on any atom is 0.226 e. The zero-order valence-corrected chi connectivity index (χ0v) is 15.3. The summed E-state index contributed by atoms with van der Waals surface area (Å²) in [6.07, 6.45) is 1.58. The maximum absolute atomic E-state index is 12.2. The molecule has 0 saturated carbocycles. The standard InChI is InChI=1S/C18H16IN3O2/c1-12-10-13(19)6-7-15(12)21-18(24)8-9-22-16-5-3-2-4-14(16)17(23)11-20-22/h2-7,10-11H,8-9H2,1H3,(H,21,24). The molecule has 0 bridgehead atoms. The summed E-state index contributed by atoms with van der Waals surface area (Å²) in [4.78, 5) is 24.0. The van der Waals surface area contributed by atoms with Crippen molar-refractivity contribution in [1.82, 2.24) is 9.78 Å². The van der Waals surface area contributed by atoms with Crippen molar-refractivity contribution in [2.24, 2.45) is 0 Å². The van der Waals surface area contributed by atoms with Gasteiger partial charge in [-0.15, -0.1) is 0 Å². The van der Waals surface area contributed by atoms with Gasteiger partial charge in [0.05, 0.1) is 18.3 Å². The van der Waals surface area contributed by atoms with Crippen molar-refractivity contribution in [3.8, 4) is 0 Å². The molecule has 6 heteroatoms. The smallest absolute Gasteiger partial charge is 0.226 e. The number of fused-ring (bicyclic) bond motifs is 1. The van der Waals surface area contributed by atoms with Crippen molar-refractivity contribution < 1.29 is 4.79 Å². The SMILES string of the molecule is Cc1cc(I)ccc1NC(=O)CCn1ncc(=O)c2ccccc21. The highest BCUT2D eigenvalue weighted by molar-refractivity contribution is 14.1. The summed E-state index contributed by atoms with van der Waals surface area (Å²) >= 11 is 2.24. The van der Waals surface area contributed by atoms with Crippen LogP contribution in [0.15, 0.2) is 53.5 Å². The molecular weight excluding hydrogens is 417 g/mol. The van der Waals surface area contributed by atoms with E-state index in [1.807, 2.05) is 43.3 Å². The van der Waals surface area contributed by atoms with Crippen LogP contribution in [0, 0.1) is 10.5 Å². The topological polar surface area (TPSA) is 64.0 Å². The molecule has 0 saturated heterocycles.